The first-order valence-electron chi connectivity index (χ1n) is 6.87. The Morgan fingerprint density at radius 3 is 2.25 bits per heavy atom. The fourth-order valence-electron chi connectivity index (χ4n) is 1.87. The Morgan fingerprint density at radius 1 is 1.12 bits per heavy atom. The van der Waals surface area contributed by atoms with Gasteiger partial charge in [-0.25, -0.2) is 8.42 Å². The Hall–Kier alpha value is -3.00. The summed E-state index contributed by atoms with van der Waals surface area (Å²) in [5, 5.41) is 19.5. The van der Waals surface area contributed by atoms with Crippen LogP contribution >= 0.6 is 0 Å². The molecule has 0 fully saturated rings. The number of sulfonamides is 1. The fraction of sp³-hybridized carbons (Fsp3) is 0.0625. The van der Waals surface area contributed by atoms with Crippen LogP contribution in [0, 0.1) is 15.5 Å². The molecule has 0 atom stereocenters. The van der Waals surface area contributed by atoms with Gasteiger partial charge in [-0.15, -0.1) is 0 Å². The van der Waals surface area contributed by atoms with E-state index in [1.54, 1.807) is 30.3 Å². The van der Waals surface area contributed by atoms with Gasteiger partial charge in [-0.1, -0.05) is 30.3 Å². The van der Waals surface area contributed by atoms with Crippen LogP contribution in [-0.4, -0.2) is 30.5 Å². The van der Waals surface area contributed by atoms with Crippen molar-refractivity contribution >= 4 is 27.6 Å². The van der Waals surface area contributed by atoms with Crippen LogP contribution in [0.4, 0.5) is 5.69 Å². The van der Waals surface area contributed by atoms with Crippen LogP contribution in [-0.2, 0) is 10.0 Å². The highest BCUT2D eigenvalue weighted by Crippen LogP contribution is 2.15. The van der Waals surface area contributed by atoms with E-state index in [4.69, 9.17) is 5.41 Å². The van der Waals surface area contributed by atoms with Crippen molar-refractivity contribution < 1.29 is 13.3 Å². The molecule has 0 spiro atoms. The lowest BCUT2D eigenvalue weighted by Crippen LogP contribution is -2.31. The van der Waals surface area contributed by atoms with Crippen LogP contribution in [0.25, 0.3) is 6.08 Å². The average molecular weight is 345 g/mol. The van der Waals surface area contributed by atoms with Crippen molar-refractivity contribution in [3.8, 4) is 0 Å². The highest BCUT2D eigenvalue weighted by atomic mass is 32.2. The quantitative estimate of drug-likeness (QED) is 0.389. The summed E-state index contributed by atoms with van der Waals surface area (Å²) in [5.74, 6) is -0.149. The van der Waals surface area contributed by atoms with Crippen molar-refractivity contribution in [1.82, 2.24) is 4.31 Å². The predicted octanol–water partition coefficient (Wildman–Crippen LogP) is 2.85. The molecule has 0 aliphatic carbocycles. The summed E-state index contributed by atoms with van der Waals surface area (Å²) in [4.78, 5) is 10.1. The summed E-state index contributed by atoms with van der Waals surface area (Å²) in [7, 11) is -2.54. The van der Waals surface area contributed by atoms with E-state index in [0.717, 1.165) is 9.71 Å². The van der Waals surface area contributed by atoms with Crippen LogP contribution in [0.3, 0.4) is 0 Å². The minimum absolute atomic E-state index is 0.0713. The molecule has 1 N–H and O–H groups in total. The zero-order valence-electron chi connectivity index (χ0n) is 12.8. The zero-order valence-corrected chi connectivity index (χ0v) is 13.6. The third-order valence-corrected chi connectivity index (χ3v) is 4.71. The minimum Gasteiger partial charge on any atom is -0.283 e. The molecule has 24 heavy (non-hydrogen) atoms. The van der Waals surface area contributed by atoms with E-state index in [2.05, 4.69) is 0 Å². The molecular formula is C16H15N3O4S. The van der Waals surface area contributed by atoms with Crippen LogP contribution in [0.1, 0.15) is 11.1 Å². The highest BCUT2D eigenvalue weighted by Gasteiger charge is 2.18. The van der Waals surface area contributed by atoms with Crippen LogP contribution in [0.2, 0.25) is 0 Å². The first-order chi connectivity index (χ1) is 11.3. The number of rotatable bonds is 5. The lowest BCUT2D eigenvalue weighted by atomic mass is 10.2. The summed E-state index contributed by atoms with van der Waals surface area (Å²) in [6, 6.07) is 14.0. The summed E-state index contributed by atoms with van der Waals surface area (Å²) in [6.07, 6.45) is 1.33. The highest BCUT2D eigenvalue weighted by molar-refractivity contribution is 7.92. The average Bonchev–Trinajstić information content (AvgIpc) is 2.59. The SMILES string of the molecule is CN(C(=N)c1ccccc1)S(=O)(=O)C=Cc1ccc([N+](=O)[O-])cc1. The van der Waals surface area contributed by atoms with Gasteiger partial charge in [0, 0.05) is 24.7 Å². The number of hydrogen-bond acceptors (Lipinski definition) is 5. The molecular weight excluding hydrogens is 330 g/mol. The summed E-state index contributed by atoms with van der Waals surface area (Å²) in [5.41, 5.74) is 0.911. The van der Waals surface area contributed by atoms with E-state index in [0.29, 0.717) is 11.1 Å². The molecule has 0 unspecified atom stereocenters. The Labute approximate surface area is 139 Å². The third-order valence-electron chi connectivity index (χ3n) is 3.28. The van der Waals surface area contributed by atoms with Crippen molar-refractivity contribution in [3.63, 3.8) is 0 Å². The molecule has 8 heteroatoms. The molecule has 0 aliphatic rings. The van der Waals surface area contributed by atoms with E-state index >= 15 is 0 Å². The van der Waals surface area contributed by atoms with Gasteiger partial charge in [-0.3, -0.25) is 19.8 Å². The Kier molecular flexibility index (Phi) is 5.10. The van der Waals surface area contributed by atoms with Crippen LogP contribution in [0.5, 0.6) is 0 Å². The Morgan fingerprint density at radius 2 is 1.71 bits per heavy atom. The summed E-state index contributed by atoms with van der Waals surface area (Å²) >= 11 is 0. The maximum atomic E-state index is 12.3. The summed E-state index contributed by atoms with van der Waals surface area (Å²) in [6.45, 7) is 0. The predicted molar refractivity (Wildman–Crippen MR) is 92.1 cm³/mol. The topological polar surface area (TPSA) is 104 Å². The molecule has 7 nitrogen and oxygen atoms in total. The lowest BCUT2D eigenvalue weighted by molar-refractivity contribution is -0.384. The van der Waals surface area contributed by atoms with Gasteiger partial charge in [-0.05, 0) is 23.8 Å². The van der Waals surface area contributed by atoms with Crippen LogP contribution < -0.4 is 0 Å². The van der Waals surface area contributed by atoms with Gasteiger partial charge in [0.1, 0.15) is 5.84 Å². The zero-order chi connectivity index (χ0) is 17.7. The number of nitrogens with one attached hydrogen (secondary N) is 1. The number of nitro benzene ring substituents is 1. The van der Waals surface area contributed by atoms with Crippen molar-refractivity contribution in [2.75, 3.05) is 7.05 Å². The monoisotopic (exact) mass is 345 g/mol. The number of amidine groups is 1. The standard InChI is InChI=1S/C16H15N3O4S/c1-18(16(17)14-5-3-2-4-6-14)24(22,23)12-11-13-7-9-15(10-8-13)19(20)21/h2-12,17H,1H3. The van der Waals surface area contributed by atoms with Gasteiger partial charge in [0.15, 0.2) is 0 Å². The third kappa shape index (κ3) is 4.05. The maximum absolute atomic E-state index is 12.3. The number of benzene rings is 2. The van der Waals surface area contributed by atoms with E-state index in [9.17, 15) is 18.5 Å². The maximum Gasteiger partial charge on any atom is 0.269 e. The second-order valence-corrected chi connectivity index (χ2v) is 6.73. The van der Waals surface area contributed by atoms with E-state index in [1.807, 2.05) is 0 Å². The first-order valence-corrected chi connectivity index (χ1v) is 8.37. The van der Waals surface area contributed by atoms with Gasteiger partial charge in [0.2, 0.25) is 0 Å². The van der Waals surface area contributed by atoms with Gasteiger partial charge < -0.3 is 0 Å². The van der Waals surface area contributed by atoms with Crippen molar-refractivity contribution in [3.05, 3.63) is 81.2 Å². The van der Waals surface area contributed by atoms with Crippen LogP contribution in [0.15, 0.2) is 60.0 Å². The van der Waals surface area contributed by atoms with E-state index < -0.39 is 14.9 Å². The van der Waals surface area contributed by atoms with Crippen molar-refractivity contribution in [2.45, 2.75) is 0 Å². The molecule has 2 aromatic carbocycles. The Balaban J connectivity index is 2.17. The molecule has 2 aromatic rings. The van der Waals surface area contributed by atoms with Gasteiger partial charge in [0.05, 0.1) is 10.3 Å². The molecule has 2 rings (SSSR count). The lowest BCUT2D eigenvalue weighted by Gasteiger charge is -2.17. The molecule has 0 saturated heterocycles. The molecule has 0 aliphatic heterocycles. The molecule has 0 radical (unpaired) electrons. The van der Waals surface area contributed by atoms with Gasteiger partial charge in [0.25, 0.3) is 15.7 Å². The largest absolute Gasteiger partial charge is 0.283 e. The van der Waals surface area contributed by atoms with Crippen molar-refractivity contribution in [1.29, 1.82) is 5.41 Å². The smallest absolute Gasteiger partial charge is 0.269 e. The van der Waals surface area contributed by atoms with E-state index in [-0.39, 0.29) is 11.5 Å². The molecule has 0 aromatic heterocycles. The molecule has 0 bridgehead atoms. The first kappa shape index (κ1) is 17.4. The van der Waals surface area contributed by atoms with E-state index in [1.165, 1.54) is 37.4 Å². The summed E-state index contributed by atoms with van der Waals surface area (Å²) < 4.78 is 25.4. The molecule has 0 saturated carbocycles. The Bertz CT molecular complexity index is 875. The normalized spacial score (nSPS) is 11.4. The number of hydrogen-bond donors (Lipinski definition) is 1. The van der Waals surface area contributed by atoms with Gasteiger partial charge >= 0.3 is 0 Å². The molecule has 0 heterocycles. The second kappa shape index (κ2) is 7.05. The number of nitro groups is 1. The minimum atomic E-state index is -3.84. The molecule has 0 amide bonds. The van der Waals surface area contributed by atoms with Gasteiger partial charge in [-0.2, -0.15) is 0 Å². The fourth-order valence-corrected chi connectivity index (χ4v) is 2.74. The second-order valence-electron chi connectivity index (χ2n) is 4.88. The number of nitrogens with zero attached hydrogens (tertiary/aromatic N) is 2. The van der Waals surface area contributed by atoms with Crippen molar-refractivity contribution in [2.24, 2.45) is 0 Å². The molecule has 124 valence electrons. The number of non-ortho nitro benzene ring substituents is 1.